The van der Waals surface area contributed by atoms with E-state index in [-0.39, 0.29) is 19.8 Å². The van der Waals surface area contributed by atoms with Crippen LogP contribution in [0.1, 0.15) is 6.92 Å². The molecular weight excluding hydrogens is 337 g/mol. The van der Waals surface area contributed by atoms with Crippen LogP contribution in [0.15, 0.2) is 5.10 Å². The maximum Gasteiger partial charge on any atom is 0.471 e. The Morgan fingerprint density at radius 1 is 1.50 bits per heavy atom. The fourth-order valence-corrected chi connectivity index (χ4v) is 2.43. The van der Waals surface area contributed by atoms with Crippen LogP contribution in [0.4, 0.5) is 13.2 Å². The van der Waals surface area contributed by atoms with E-state index in [1.807, 2.05) is 0 Å². The van der Waals surface area contributed by atoms with Crippen molar-refractivity contribution in [2.24, 2.45) is 10.5 Å². The van der Waals surface area contributed by atoms with E-state index in [1.165, 1.54) is 18.3 Å². The highest BCUT2D eigenvalue weighted by Gasteiger charge is 2.48. The lowest BCUT2D eigenvalue weighted by Crippen LogP contribution is -2.56. The van der Waals surface area contributed by atoms with Crippen molar-refractivity contribution >= 4 is 12.1 Å². The van der Waals surface area contributed by atoms with Gasteiger partial charge in [-0.05, 0) is 0 Å². The molecule has 2 rings (SSSR count). The molecule has 0 radical (unpaired) electrons. The summed E-state index contributed by atoms with van der Waals surface area (Å²) in [6.45, 7) is 1.24. The van der Waals surface area contributed by atoms with Crippen LogP contribution in [-0.4, -0.2) is 73.4 Å². The van der Waals surface area contributed by atoms with Crippen LogP contribution in [0.2, 0.25) is 0 Å². The molecule has 1 amide bonds. The second-order valence-electron chi connectivity index (χ2n) is 6.09. The topological polar surface area (TPSA) is 106 Å². The van der Waals surface area contributed by atoms with E-state index in [9.17, 15) is 28.1 Å². The zero-order valence-electron chi connectivity index (χ0n) is 12.9. The van der Waals surface area contributed by atoms with E-state index < -0.39 is 40.8 Å². The minimum absolute atomic E-state index is 0.0232. The zero-order valence-corrected chi connectivity index (χ0v) is 12.9. The number of likely N-dealkylation sites (N-methyl/N-ethyl adjacent to an activating group) is 1. The van der Waals surface area contributed by atoms with Gasteiger partial charge in [0.1, 0.15) is 6.21 Å². The lowest BCUT2D eigenvalue weighted by Gasteiger charge is -2.40. The van der Waals surface area contributed by atoms with E-state index in [2.05, 4.69) is 5.10 Å². The monoisotopic (exact) mass is 354 g/mol. The van der Waals surface area contributed by atoms with Crippen molar-refractivity contribution in [1.29, 1.82) is 0 Å². The molecule has 0 saturated carbocycles. The van der Waals surface area contributed by atoms with Gasteiger partial charge in [0.2, 0.25) is 0 Å². The van der Waals surface area contributed by atoms with Gasteiger partial charge in [-0.15, -0.1) is 0 Å². The summed E-state index contributed by atoms with van der Waals surface area (Å²) >= 11 is 0. The SMILES string of the molecule is CN1N=CC([N+](=O)[O-])C1C1OCC(C)(CNC(=O)C(F)(F)F)CO1. The van der Waals surface area contributed by atoms with Crippen LogP contribution in [0.25, 0.3) is 0 Å². The number of amides is 1. The average Bonchev–Trinajstić information content (AvgIpc) is 2.87. The summed E-state index contributed by atoms with van der Waals surface area (Å²) < 4.78 is 47.5. The molecule has 0 aromatic rings. The van der Waals surface area contributed by atoms with Crippen LogP contribution in [0.3, 0.4) is 0 Å². The van der Waals surface area contributed by atoms with Gasteiger partial charge in [0, 0.05) is 23.9 Å². The Kier molecular flexibility index (Phi) is 4.99. The number of rotatable bonds is 4. The molecule has 2 aliphatic rings. The summed E-state index contributed by atoms with van der Waals surface area (Å²) in [5.41, 5.74) is -0.875. The first-order valence-corrected chi connectivity index (χ1v) is 7.02. The van der Waals surface area contributed by atoms with Gasteiger partial charge < -0.3 is 14.8 Å². The number of nitro groups is 1. The highest BCUT2D eigenvalue weighted by Crippen LogP contribution is 2.29. The minimum atomic E-state index is -4.96. The Balaban J connectivity index is 1.91. The van der Waals surface area contributed by atoms with Gasteiger partial charge in [-0.3, -0.25) is 19.9 Å². The van der Waals surface area contributed by atoms with E-state index in [4.69, 9.17) is 9.47 Å². The molecule has 2 atom stereocenters. The van der Waals surface area contributed by atoms with Crippen LogP contribution in [-0.2, 0) is 14.3 Å². The highest BCUT2D eigenvalue weighted by atomic mass is 19.4. The van der Waals surface area contributed by atoms with Gasteiger partial charge in [0.15, 0.2) is 12.3 Å². The number of carbonyl (C=O) groups excluding carboxylic acids is 1. The molecule has 9 nitrogen and oxygen atoms in total. The molecule has 0 aromatic heterocycles. The third kappa shape index (κ3) is 3.93. The van der Waals surface area contributed by atoms with Crippen molar-refractivity contribution in [3.05, 3.63) is 10.1 Å². The number of nitrogens with one attached hydrogen (secondary N) is 1. The summed E-state index contributed by atoms with van der Waals surface area (Å²) in [4.78, 5) is 21.4. The quantitative estimate of drug-likeness (QED) is 0.562. The van der Waals surface area contributed by atoms with E-state index in [0.29, 0.717) is 0 Å². The number of hydrogen-bond acceptors (Lipinski definition) is 7. The van der Waals surface area contributed by atoms with Crippen molar-refractivity contribution in [3.8, 4) is 0 Å². The minimum Gasteiger partial charge on any atom is -0.349 e. The van der Waals surface area contributed by atoms with Crippen LogP contribution in [0.5, 0.6) is 0 Å². The van der Waals surface area contributed by atoms with Crippen LogP contribution >= 0.6 is 0 Å². The Morgan fingerprint density at radius 3 is 2.58 bits per heavy atom. The fraction of sp³-hybridized carbons (Fsp3) is 0.833. The summed E-state index contributed by atoms with van der Waals surface area (Å²) in [6, 6.07) is -1.87. The van der Waals surface area contributed by atoms with E-state index in [0.717, 1.165) is 0 Å². The zero-order chi connectivity index (χ0) is 18.1. The predicted molar refractivity (Wildman–Crippen MR) is 73.7 cm³/mol. The summed E-state index contributed by atoms with van der Waals surface area (Å²) in [5, 5.41) is 18.0. The van der Waals surface area contributed by atoms with Crippen molar-refractivity contribution in [3.63, 3.8) is 0 Å². The normalized spacial score (nSPS) is 33.5. The number of carbonyl (C=O) groups is 1. The molecule has 1 N–H and O–H groups in total. The Hall–Kier alpha value is -1.95. The fourth-order valence-electron chi connectivity index (χ4n) is 2.43. The molecule has 24 heavy (non-hydrogen) atoms. The molecule has 2 unspecified atom stereocenters. The highest BCUT2D eigenvalue weighted by molar-refractivity contribution is 5.81. The first kappa shape index (κ1) is 18.4. The standard InChI is InChI=1S/C12H17F3N4O5/c1-11(4-16-10(20)12(13,14)15)5-23-9(24-6-11)8-7(19(21)22)3-17-18(8)2/h3,7-9H,4-6H2,1-2H3,(H,16,20). The van der Waals surface area contributed by atoms with Gasteiger partial charge in [-0.25, -0.2) is 0 Å². The number of hydrazone groups is 1. The third-order valence-corrected chi connectivity index (χ3v) is 3.83. The Labute approximate surface area is 134 Å². The lowest BCUT2D eigenvalue weighted by molar-refractivity contribution is -0.513. The van der Waals surface area contributed by atoms with Crippen molar-refractivity contribution in [2.45, 2.75) is 31.5 Å². The molecule has 12 heteroatoms. The van der Waals surface area contributed by atoms with E-state index in [1.54, 1.807) is 12.2 Å². The molecule has 0 bridgehead atoms. The second kappa shape index (κ2) is 6.51. The number of alkyl halides is 3. The van der Waals surface area contributed by atoms with Gasteiger partial charge in [-0.2, -0.15) is 18.3 Å². The maximum atomic E-state index is 12.2. The van der Waals surface area contributed by atoms with Gasteiger partial charge in [-0.1, -0.05) is 6.92 Å². The molecule has 0 aromatic carbocycles. The number of hydrogen-bond donors (Lipinski definition) is 1. The predicted octanol–water partition coefficient (Wildman–Crippen LogP) is -0.0108. The smallest absolute Gasteiger partial charge is 0.349 e. The van der Waals surface area contributed by atoms with Crippen LogP contribution in [0, 0.1) is 15.5 Å². The van der Waals surface area contributed by atoms with Gasteiger partial charge in [0.25, 0.3) is 6.04 Å². The molecule has 0 spiro atoms. The number of ether oxygens (including phenoxy) is 2. The van der Waals surface area contributed by atoms with Gasteiger partial charge in [0.05, 0.1) is 13.2 Å². The molecule has 136 valence electrons. The molecule has 1 fully saturated rings. The van der Waals surface area contributed by atoms with Crippen molar-refractivity contribution < 1.29 is 32.4 Å². The van der Waals surface area contributed by atoms with Crippen molar-refractivity contribution in [1.82, 2.24) is 10.3 Å². The largest absolute Gasteiger partial charge is 0.471 e. The van der Waals surface area contributed by atoms with E-state index >= 15 is 0 Å². The van der Waals surface area contributed by atoms with Crippen LogP contribution < -0.4 is 5.32 Å². The molecular formula is C12H17F3N4O5. The third-order valence-electron chi connectivity index (χ3n) is 3.83. The first-order chi connectivity index (χ1) is 11.0. The lowest BCUT2D eigenvalue weighted by atomic mass is 9.91. The summed E-state index contributed by atoms with van der Waals surface area (Å²) in [7, 11) is 1.54. The molecule has 0 aliphatic carbocycles. The molecule has 1 saturated heterocycles. The maximum absolute atomic E-state index is 12.2. The Bertz CT molecular complexity index is 533. The van der Waals surface area contributed by atoms with Gasteiger partial charge >= 0.3 is 12.1 Å². The summed E-state index contributed by atoms with van der Waals surface area (Å²) in [6.07, 6.45) is -4.73. The number of nitrogens with zero attached hydrogens (tertiary/aromatic N) is 3. The summed E-state index contributed by atoms with van der Waals surface area (Å²) in [5.74, 6) is -2.04. The molecule has 2 heterocycles. The molecule has 2 aliphatic heterocycles. The average molecular weight is 354 g/mol. The Morgan fingerprint density at radius 2 is 2.08 bits per heavy atom. The number of halogens is 3. The second-order valence-corrected chi connectivity index (χ2v) is 6.09. The van der Waals surface area contributed by atoms with Crippen molar-refractivity contribution in [2.75, 3.05) is 26.8 Å². The first-order valence-electron chi connectivity index (χ1n) is 7.02.